The Morgan fingerprint density at radius 2 is 1.90 bits per heavy atom. The maximum Gasteiger partial charge on any atom is 0.124 e. The molecule has 2 N–H and O–H groups in total. The summed E-state index contributed by atoms with van der Waals surface area (Å²) in [5, 5.41) is 0. The van der Waals surface area contributed by atoms with Crippen molar-refractivity contribution in [3.63, 3.8) is 0 Å². The van der Waals surface area contributed by atoms with Crippen molar-refractivity contribution in [2.75, 3.05) is 7.11 Å². The van der Waals surface area contributed by atoms with E-state index < -0.39 is 0 Å². The Morgan fingerprint density at radius 3 is 2.52 bits per heavy atom. The van der Waals surface area contributed by atoms with E-state index in [2.05, 4.69) is 0 Å². The van der Waals surface area contributed by atoms with Crippen LogP contribution in [0, 0.1) is 12.7 Å². The summed E-state index contributed by atoms with van der Waals surface area (Å²) in [4.78, 5) is 0.275. The van der Waals surface area contributed by atoms with Crippen LogP contribution in [0.4, 0.5) is 4.39 Å². The predicted molar refractivity (Wildman–Crippen MR) is 84.4 cm³/mol. The predicted octanol–water partition coefficient (Wildman–Crippen LogP) is 3.36. The smallest absolute Gasteiger partial charge is 0.124 e. The Kier molecular flexibility index (Phi) is 4.75. The molecule has 0 amide bonds. The molecule has 2 aromatic carbocycles. The molecule has 0 spiro atoms. The number of aryl methyl sites for hydroxylation is 1. The average Bonchev–Trinajstić information content (AvgIpc) is 2.46. The Labute approximate surface area is 128 Å². The molecular formula is C16H16FNO2S. The van der Waals surface area contributed by atoms with Crippen molar-refractivity contribution in [3.05, 3.63) is 58.9 Å². The van der Waals surface area contributed by atoms with Crippen LogP contribution in [0.15, 0.2) is 36.4 Å². The Balaban J connectivity index is 2.19. The van der Waals surface area contributed by atoms with E-state index in [1.165, 1.54) is 12.1 Å². The van der Waals surface area contributed by atoms with Gasteiger partial charge in [-0.1, -0.05) is 18.3 Å². The van der Waals surface area contributed by atoms with E-state index >= 15 is 0 Å². The molecule has 0 aromatic heterocycles. The number of nitrogens with two attached hydrogens (primary N) is 1. The summed E-state index contributed by atoms with van der Waals surface area (Å²) in [6.45, 7) is 2.17. The van der Waals surface area contributed by atoms with E-state index in [-0.39, 0.29) is 10.8 Å². The van der Waals surface area contributed by atoms with Crippen LogP contribution in [0.5, 0.6) is 11.5 Å². The van der Waals surface area contributed by atoms with Gasteiger partial charge in [0.2, 0.25) is 0 Å². The standard InChI is InChI=1S/C16H16FNO2S/c1-10-5-13(17)4-3-11(10)9-20-15-7-12(16(18)21)6-14(8-15)19-2/h3-8H,9H2,1-2H3,(H2,18,21). The Bertz CT molecular complexity index is 673. The summed E-state index contributed by atoms with van der Waals surface area (Å²) in [5.74, 6) is 0.959. The van der Waals surface area contributed by atoms with Crippen LogP contribution in [0.25, 0.3) is 0 Å². The number of methoxy groups -OCH3 is 1. The molecule has 0 aliphatic carbocycles. The molecule has 0 fully saturated rings. The third kappa shape index (κ3) is 3.92. The third-order valence-corrected chi connectivity index (χ3v) is 3.33. The molecule has 0 aliphatic heterocycles. The summed E-state index contributed by atoms with van der Waals surface area (Å²) in [5.41, 5.74) is 8.06. The summed E-state index contributed by atoms with van der Waals surface area (Å²) in [6, 6.07) is 9.85. The molecule has 0 aliphatic rings. The van der Waals surface area contributed by atoms with Crippen molar-refractivity contribution in [2.24, 2.45) is 5.73 Å². The molecule has 0 heterocycles. The van der Waals surface area contributed by atoms with Crippen LogP contribution in [0.3, 0.4) is 0 Å². The van der Waals surface area contributed by atoms with Gasteiger partial charge in [-0.15, -0.1) is 0 Å². The van der Waals surface area contributed by atoms with Gasteiger partial charge in [0.05, 0.1) is 7.11 Å². The first kappa shape index (κ1) is 15.3. The lowest BCUT2D eigenvalue weighted by atomic mass is 10.1. The van der Waals surface area contributed by atoms with Crippen LogP contribution < -0.4 is 15.2 Å². The maximum absolute atomic E-state index is 13.1. The fourth-order valence-electron chi connectivity index (χ4n) is 1.90. The van der Waals surface area contributed by atoms with E-state index in [1.807, 2.05) is 6.92 Å². The highest BCUT2D eigenvalue weighted by Crippen LogP contribution is 2.24. The van der Waals surface area contributed by atoms with Crippen molar-refractivity contribution in [3.8, 4) is 11.5 Å². The molecule has 2 aromatic rings. The van der Waals surface area contributed by atoms with E-state index in [0.29, 0.717) is 23.7 Å². The van der Waals surface area contributed by atoms with Crippen molar-refractivity contribution >= 4 is 17.2 Å². The second-order valence-electron chi connectivity index (χ2n) is 4.62. The van der Waals surface area contributed by atoms with Gasteiger partial charge in [-0.25, -0.2) is 4.39 Å². The molecule has 0 unspecified atom stereocenters. The molecular weight excluding hydrogens is 289 g/mol. The van der Waals surface area contributed by atoms with Crippen LogP contribution in [0.2, 0.25) is 0 Å². The van der Waals surface area contributed by atoms with Gasteiger partial charge in [0.25, 0.3) is 0 Å². The van der Waals surface area contributed by atoms with E-state index in [1.54, 1.807) is 31.4 Å². The zero-order valence-electron chi connectivity index (χ0n) is 11.9. The zero-order valence-corrected chi connectivity index (χ0v) is 12.7. The minimum absolute atomic E-state index is 0.256. The number of rotatable bonds is 5. The van der Waals surface area contributed by atoms with Gasteiger partial charge in [-0.3, -0.25) is 0 Å². The number of benzene rings is 2. The minimum atomic E-state index is -0.256. The van der Waals surface area contributed by atoms with Gasteiger partial charge in [0.1, 0.15) is 28.9 Å². The molecule has 21 heavy (non-hydrogen) atoms. The molecule has 110 valence electrons. The summed E-state index contributed by atoms with van der Waals surface area (Å²) >= 11 is 4.97. The van der Waals surface area contributed by atoms with Gasteiger partial charge in [-0.2, -0.15) is 0 Å². The first-order chi connectivity index (χ1) is 9.99. The van der Waals surface area contributed by atoms with Crippen LogP contribution >= 0.6 is 12.2 Å². The number of hydrogen-bond donors (Lipinski definition) is 1. The SMILES string of the molecule is COc1cc(OCc2ccc(F)cc2C)cc(C(N)=S)c1. The number of thiocarbonyl (C=S) groups is 1. The quantitative estimate of drug-likeness (QED) is 0.860. The fourth-order valence-corrected chi connectivity index (χ4v) is 2.02. The lowest BCUT2D eigenvalue weighted by Gasteiger charge is -2.11. The lowest BCUT2D eigenvalue weighted by molar-refractivity contribution is 0.302. The lowest BCUT2D eigenvalue weighted by Crippen LogP contribution is -2.10. The highest BCUT2D eigenvalue weighted by molar-refractivity contribution is 7.80. The number of hydrogen-bond acceptors (Lipinski definition) is 3. The summed E-state index contributed by atoms with van der Waals surface area (Å²) < 4.78 is 24.0. The van der Waals surface area contributed by atoms with Gasteiger partial charge in [0, 0.05) is 11.6 Å². The highest BCUT2D eigenvalue weighted by Gasteiger charge is 2.06. The molecule has 5 heteroatoms. The van der Waals surface area contributed by atoms with Crippen LogP contribution in [-0.2, 0) is 6.61 Å². The molecule has 2 rings (SSSR count). The second-order valence-corrected chi connectivity index (χ2v) is 5.06. The van der Waals surface area contributed by atoms with Gasteiger partial charge < -0.3 is 15.2 Å². The van der Waals surface area contributed by atoms with E-state index in [9.17, 15) is 4.39 Å². The molecule has 0 radical (unpaired) electrons. The Hall–Kier alpha value is -2.14. The van der Waals surface area contributed by atoms with Crippen molar-refractivity contribution in [2.45, 2.75) is 13.5 Å². The first-order valence-corrected chi connectivity index (χ1v) is 6.77. The monoisotopic (exact) mass is 305 g/mol. The van der Waals surface area contributed by atoms with Crippen LogP contribution in [0.1, 0.15) is 16.7 Å². The van der Waals surface area contributed by atoms with E-state index in [4.69, 9.17) is 27.4 Å². The minimum Gasteiger partial charge on any atom is -0.497 e. The molecule has 3 nitrogen and oxygen atoms in total. The normalized spacial score (nSPS) is 10.2. The van der Waals surface area contributed by atoms with E-state index in [0.717, 1.165) is 11.1 Å². The molecule has 0 bridgehead atoms. The highest BCUT2D eigenvalue weighted by atomic mass is 32.1. The van der Waals surface area contributed by atoms with Crippen molar-refractivity contribution in [1.29, 1.82) is 0 Å². The number of halogens is 1. The first-order valence-electron chi connectivity index (χ1n) is 6.36. The zero-order chi connectivity index (χ0) is 15.4. The second kappa shape index (κ2) is 6.54. The van der Waals surface area contributed by atoms with Gasteiger partial charge in [0.15, 0.2) is 0 Å². The summed E-state index contributed by atoms with van der Waals surface area (Å²) in [7, 11) is 1.56. The fraction of sp³-hybridized carbons (Fsp3) is 0.188. The third-order valence-electron chi connectivity index (χ3n) is 3.10. The van der Waals surface area contributed by atoms with Gasteiger partial charge >= 0.3 is 0 Å². The molecule has 0 saturated heterocycles. The van der Waals surface area contributed by atoms with Gasteiger partial charge in [-0.05, 0) is 42.3 Å². The average molecular weight is 305 g/mol. The summed E-state index contributed by atoms with van der Waals surface area (Å²) in [6.07, 6.45) is 0. The van der Waals surface area contributed by atoms with Crippen molar-refractivity contribution < 1.29 is 13.9 Å². The van der Waals surface area contributed by atoms with Crippen LogP contribution in [-0.4, -0.2) is 12.1 Å². The maximum atomic E-state index is 13.1. The van der Waals surface area contributed by atoms with Crippen molar-refractivity contribution in [1.82, 2.24) is 0 Å². The topological polar surface area (TPSA) is 44.5 Å². The Morgan fingerprint density at radius 1 is 1.19 bits per heavy atom. The molecule has 0 atom stereocenters. The molecule has 0 saturated carbocycles. The largest absolute Gasteiger partial charge is 0.497 e. The number of ether oxygens (including phenoxy) is 2.